The van der Waals surface area contributed by atoms with Crippen molar-refractivity contribution in [3.63, 3.8) is 0 Å². The van der Waals surface area contributed by atoms with E-state index in [9.17, 15) is 0 Å². The van der Waals surface area contributed by atoms with E-state index in [0.29, 0.717) is 5.92 Å². The summed E-state index contributed by atoms with van der Waals surface area (Å²) in [5.41, 5.74) is 0.247. The van der Waals surface area contributed by atoms with Crippen LogP contribution in [0.5, 0.6) is 0 Å². The third kappa shape index (κ3) is 3.76. The first-order valence-corrected chi connectivity index (χ1v) is 6.34. The zero-order valence-electron chi connectivity index (χ0n) is 10.7. The van der Waals surface area contributed by atoms with Crippen LogP contribution in [0.15, 0.2) is 0 Å². The highest BCUT2D eigenvalue weighted by molar-refractivity contribution is 4.77. The van der Waals surface area contributed by atoms with Gasteiger partial charge in [0.2, 0.25) is 0 Å². The lowest BCUT2D eigenvalue weighted by Gasteiger charge is -2.39. The minimum Gasteiger partial charge on any atom is -0.352 e. The van der Waals surface area contributed by atoms with Gasteiger partial charge < -0.3 is 9.47 Å². The molecular formula is C13H26O2. The normalized spacial score (nSPS) is 34.0. The first-order valence-electron chi connectivity index (χ1n) is 6.34. The number of ether oxygens (including phenoxy) is 2. The first kappa shape index (κ1) is 13.0. The monoisotopic (exact) mass is 214 g/mol. The van der Waals surface area contributed by atoms with Crippen molar-refractivity contribution in [2.24, 2.45) is 11.3 Å². The van der Waals surface area contributed by atoms with Crippen molar-refractivity contribution < 1.29 is 9.47 Å². The molecule has 1 aliphatic heterocycles. The molecule has 0 saturated carbocycles. The Morgan fingerprint density at radius 2 is 1.80 bits per heavy atom. The van der Waals surface area contributed by atoms with Crippen LogP contribution in [0.1, 0.15) is 53.4 Å². The average molecular weight is 214 g/mol. The highest BCUT2D eigenvalue weighted by Crippen LogP contribution is 2.31. The third-order valence-electron chi connectivity index (χ3n) is 3.25. The Labute approximate surface area is 94.3 Å². The number of hydrogen-bond acceptors (Lipinski definition) is 2. The maximum atomic E-state index is 5.84. The lowest BCUT2D eigenvalue weighted by atomic mass is 9.86. The summed E-state index contributed by atoms with van der Waals surface area (Å²) in [5.74, 6) is 0.529. The van der Waals surface area contributed by atoms with Gasteiger partial charge in [-0.2, -0.15) is 0 Å². The molecule has 0 spiro atoms. The van der Waals surface area contributed by atoms with Gasteiger partial charge in [0.05, 0.1) is 13.2 Å². The van der Waals surface area contributed by atoms with Crippen molar-refractivity contribution in [1.29, 1.82) is 0 Å². The molecule has 2 heteroatoms. The van der Waals surface area contributed by atoms with Gasteiger partial charge in [-0.05, 0) is 12.8 Å². The van der Waals surface area contributed by atoms with Crippen LogP contribution in [0.25, 0.3) is 0 Å². The van der Waals surface area contributed by atoms with E-state index in [2.05, 4.69) is 27.7 Å². The van der Waals surface area contributed by atoms with E-state index in [0.717, 1.165) is 13.2 Å². The molecule has 0 radical (unpaired) electrons. The summed E-state index contributed by atoms with van der Waals surface area (Å²) in [7, 11) is 0. The van der Waals surface area contributed by atoms with Crippen molar-refractivity contribution in [3.8, 4) is 0 Å². The zero-order valence-corrected chi connectivity index (χ0v) is 10.7. The predicted octanol–water partition coefficient (Wildman–Crippen LogP) is 3.60. The quantitative estimate of drug-likeness (QED) is 0.696. The van der Waals surface area contributed by atoms with E-state index in [-0.39, 0.29) is 11.7 Å². The minimum absolute atomic E-state index is 0.0369. The SMILES string of the molecule is CCCC(C)C1OCC(C)(CCC)CO1. The molecule has 2 nitrogen and oxygen atoms in total. The van der Waals surface area contributed by atoms with Crippen LogP contribution in [-0.4, -0.2) is 19.5 Å². The molecule has 0 aliphatic carbocycles. The van der Waals surface area contributed by atoms with Gasteiger partial charge in [-0.25, -0.2) is 0 Å². The molecule has 0 aromatic carbocycles. The van der Waals surface area contributed by atoms with E-state index < -0.39 is 0 Å². The fourth-order valence-corrected chi connectivity index (χ4v) is 2.32. The molecule has 1 atom stereocenters. The van der Waals surface area contributed by atoms with Gasteiger partial charge in [-0.3, -0.25) is 0 Å². The summed E-state index contributed by atoms with van der Waals surface area (Å²) in [6, 6.07) is 0. The first-order chi connectivity index (χ1) is 7.11. The molecule has 1 aliphatic rings. The largest absolute Gasteiger partial charge is 0.352 e. The Balaban J connectivity index is 2.34. The lowest BCUT2D eigenvalue weighted by Crippen LogP contribution is -2.42. The second-order valence-electron chi connectivity index (χ2n) is 5.32. The molecule has 0 aromatic rings. The van der Waals surface area contributed by atoms with E-state index in [1.165, 1.54) is 25.7 Å². The molecule has 15 heavy (non-hydrogen) atoms. The summed E-state index contributed by atoms with van der Waals surface area (Å²) in [6.07, 6.45) is 4.83. The molecule has 0 N–H and O–H groups in total. The molecule has 1 unspecified atom stereocenters. The highest BCUT2D eigenvalue weighted by Gasteiger charge is 2.33. The summed E-state index contributed by atoms with van der Waals surface area (Å²) < 4.78 is 11.7. The standard InChI is InChI=1S/C13H26O2/c1-5-7-11(3)12-14-9-13(4,8-6-2)10-15-12/h11-12H,5-10H2,1-4H3. The maximum absolute atomic E-state index is 5.84. The van der Waals surface area contributed by atoms with Gasteiger partial charge in [0.25, 0.3) is 0 Å². The topological polar surface area (TPSA) is 18.5 Å². The van der Waals surface area contributed by atoms with Crippen LogP contribution >= 0.6 is 0 Å². The highest BCUT2D eigenvalue weighted by atomic mass is 16.7. The summed E-state index contributed by atoms with van der Waals surface area (Å²) >= 11 is 0. The van der Waals surface area contributed by atoms with Crippen LogP contribution in [0.3, 0.4) is 0 Å². The van der Waals surface area contributed by atoms with Crippen molar-refractivity contribution in [2.75, 3.05) is 13.2 Å². The lowest BCUT2D eigenvalue weighted by molar-refractivity contribution is -0.246. The Hall–Kier alpha value is -0.0800. The number of hydrogen-bond donors (Lipinski definition) is 0. The second-order valence-corrected chi connectivity index (χ2v) is 5.32. The molecule has 0 aromatic heterocycles. The van der Waals surface area contributed by atoms with Crippen molar-refractivity contribution >= 4 is 0 Å². The molecule has 1 rings (SSSR count). The molecule has 90 valence electrons. The minimum atomic E-state index is 0.0369. The summed E-state index contributed by atoms with van der Waals surface area (Å²) in [4.78, 5) is 0. The molecule has 1 saturated heterocycles. The number of rotatable bonds is 5. The maximum Gasteiger partial charge on any atom is 0.160 e. The third-order valence-corrected chi connectivity index (χ3v) is 3.25. The average Bonchev–Trinajstić information content (AvgIpc) is 2.19. The predicted molar refractivity (Wildman–Crippen MR) is 62.8 cm³/mol. The molecule has 1 heterocycles. The van der Waals surface area contributed by atoms with Crippen LogP contribution in [0.4, 0.5) is 0 Å². The van der Waals surface area contributed by atoms with Crippen LogP contribution in [-0.2, 0) is 9.47 Å². The Kier molecular flexibility index (Phi) is 5.07. The molecular weight excluding hydrogens is 188 g/mol. The molecule has 1 fully saturated rings. The van der Waals surface area contributed by atoms with E-state index in [1.807, 2.05) is 0 Å². The fourth-order valence-electron chi connectivity index (χ4n) is 2.32. The zero-order chi connectivity index (χ0) is 11.3. The summed E-state index contributed by atoms with van der Waals surface area (Å²) in [5, 5.41) is 0. The molecule has 0 bridgehead atoms. The smallest absolute Gasteiger partial charge is 0.160 e. The fraction of sp³-hybridized carbons (Fsp3) is 1.00. The summed E-state index contributed by atoms with van der Waals surface area (Å²) in [6.45, 7) is 10.6. The Bertz CT molecular complexity index is 171. The van der Waals surface area contributed by atoms with E-state index >= 15 is 0 Å². The van der Waals surface area contributed by atoms with Gasteiger partial charge >= 0.3 is 0 Å². The van der Waals surface area contributed by atoms with Gasteiger partial charge in [0.1, 0.15) is 0 Å². The van der Waals surface area contributed by atoms with Crippen molar-refractivity contribution in [1.82, 2.24) is 0 Å². The van der Waals surface area contributed by atoms with Gasteiger partial charge in [-0.15, -0.1) is 0 Å². The Morgan fingerprint density at radius 1 is 1.20 bits per heavy atom. The van der Waals surface area contributed by atoms with E-state index in [1.54, 1.807) is 0 Å². The van der Waals surface area contributed by atoms with E-state index in [4.69, 9.17) is 9.47 Å². The van der Waals surface area contributed by atoms with Gasteiger partial charge in [0, 0.05) is 11.3 Å². The van der Waals surface area contributed by atoms with Gasteiger partial charge in [-0.1, -0.05) is 40.5 Å². The van der Waals surface area contributed by atoms with Gasteiger partial charge in [0.15, 0.2) is 6.29 Å². The van der Waals surface area contributed by atoms with Crippen LogP contribution in [0, 0.1) is 11.3 Å². The second kappa shape index (κ2) is 5.86. The molecule has 0 amide bonds. The Morgan fingerprint density at radius 3 is 2.27 bits per heavy atom. The van der Waals surface area contributed by atoms with Crippen molar-refractivity contribution in [3.05, 3.63) is 0 Å². The van der Waals surface area contributed by atoms with Crippen LogP contribution in [0.2, 0.25) is 0 Å². The van der Waals surface area contributed by atoms with Crippen molar-refractivity contribution in [2.45, 2.75) is 59.7 Å². The van der Waals surface area contributed by atoms with Crippen LogP contribution < -0.4 is 0 Å².